The summed E-state index contributed by atoms with van der Waals surface area (Å²) in [6.07, 6.45) is 4.68. The summed E-state index contributed by atoms with van der Waals surface area (Å²) in [6, 6.07) is 5.35. The van der Waals surface area contributed by atoms with E-state index < -0.39 is 0 Å². The molecule has 1 fully saturated rings. The standard InChI is InChI=1S/C16H27N3/c1-5-17-14(4)16-9-8-15(10-18-16)19-11-12(2)6-7-13(19)3/h8-10,12-14,17H,5-7,11H2,1-4H3. The maximum Gasteiger partial charge on any atom is 0.0572 e. The van der Waals surface area contributed by atoms with Crippen LogP contribution in [0.2, 0.25) is 0 Å². The van der Waals surface area contributed by atoms with Gasteiger partial charge in [0, 0.05) is 18.6 Å². The Morgan fingerprint density at radius 2 is 2.16 bits per heavy atom. The first-order valence-electron chi connectivity index (χ1n) is 7.57. The van der Waals surface area contributed by atoms with Gasteiger partial charge < -0.3 is 10.2 Å². The van der Waals surface area contributed by atoms with E-state index in [0.717, 1.165) is 24.7 Å². The third-order valence-corrected chi connectivity index (χ3v) is 4.17. The molecule has 3 nitrogen and oxygen atoms in total. The normalized spacial score (nSPS) is 25.4. The topological polar surface area (TPSA) is 28.2 Å². The molecule has 2 heterocycles. The second-order valence-electron chi connectivity index (χ2n) is 5.90. The monoisotopic (exact) mass is 261 g/mol. The van der Waals surface area contributed by atoms with Crippen LogP contribution in [0.1, 0.15) is 52.3 Å². The summed E-state index contributed by atoms with van der Waals surface area (Å²) in [4.78, 5) is 7.13. The van der Waals surface area contributed by atoms with E-state index in [1.807, 2.05) is 6.20 Å². The lowest BCUT2D eigenvalue weighted by atomic mass is 9.94. The second-order valence-corrected chi connectivity index (χ2v) is 5.90. The molecule has 1 aromatic heterocycles. The molecule has 1 aliphatic heterocycles. The van der Waals surface area contributed by atoms with Crippen LogP contribution in [0.15, 0.2) is 18.3 Å². The minimum absolute atomic E-state index is 0.330. The first kappa shape index (κ1) is 14.3. The lowest BCUT2D eigenvalue weighted by Crippen LogP contribution is -2.41. The molecule has 0 aromatic carbocycles. The number of nitrogens with one attached hydrogen (secondary N) is 1. The molecule has 1 N–H and O–H groups in total. The van der Waals surface area contributed by atoms with Crippen LogP contribution in [0.25, 0.3) is 0 Å². The van der Waals surface area contributed by atoms with Crippen LogP contribution in [0, 0.1) is 5.92 Å². The lowest BCUT2D eigenvalue weighted by Gasteiger charge is -2.38. The SMILES string of the molecule is CCNC(C)c1ccc(N2CC(C)CCC2C)cn1. The highest BCUT2D eigenvalue weighted by molar-refractivity contribution is 5.46. The van der Waals surface area contributed by atoms with E-state index in [9.17, 15) is 0 Å². The van der Waals surface area contributed by atoms with Crippen LogP contribution < -0.4 is 10.2 Å². The zero-order valence-corrected chi connectivity index (χ0v) is 12.7. The summed E-state index contributed by atoms with van der Waals surface area (Å²) in [5, 5.41) is 3.40. The maximum absolute atomic E-state index is 4.63. The highest BCUT2D eigenvalue weighted by Crippen LogP contribution is 2.27. The van der Waals surface area contributed by atoms with Gasteiger partial charge in [0.15, 0.2) is 0 Å². The molecule has 19 heavy (non-hydrogen) atoms. The van der Waals surface area contributed by atoms with E-state index in [4.69, 9.17) is 0 Å². The molecule has 0 aliphatic carbocycles. The van der Waals surface area contributed by atoms with Gasteiger partial charge in [0.05, 0.1) is 17.6 Å². The third-order valence-electron chi connectivity index (χ3n) is 4.17. The Morgan fingerprint density at radius 1 is 1.37 bits per heavy atom. The number of hydrogen-bond acceptors (Lipinski definition) is 3. The molecule has 1 aliphatic rings. The molecule has 1 aromatic rings. The number of anilines is 1. The Morgan fingerprint density at radius 3 is 2.79 bits per heavy atom. The van der Waals surface area contributed by atoms with Gasteiger partial charge in [-0.15, -0.1) is 0 Å². The van der Waals surface area contributed by atoms with Crippen LogP contribution in [-0.4, -0.2) is 24.1 Å². The molecule has 0 bridgehead atoms. The van der Waals surface area contributed by atoms with E-state index in [0.29, 0.717) is 12.1 Å². The number of nitrogens with zero attached hydrogens (tertiary/aromatic N) is 2. The van der Waals surface area contributed by atoms with Gasteiger partial charge in [0.1, 0.15) is 0 Å². The predicted molar refractivity (Wildman–Crippen MR) is 81.5 cm³/mol. The Balaban J connectivity index is 2.08. The first-order chi connectivity index (χ1) is 9.11. The van der Waals surface area contributed by atoms with Crippen molar-refractivity contribution in [2.24, 2.45) is 5.92 Å². The van der Waals surface area contributed by atoms with Crippen molar-refractivity contribution >= 4 is 5.69 Å². The molecule has 0 radical (unpaired) electrons. The van der Waals surface area contributed by atoms with Gasteiger partial charge in [-0.2, -0.15) is 0 Å². The van der Waals surface area contributed by atoms with Crippen LogP contribution in [-0.2, 0) is 0 Å². The zero-order valence-electron chi connectivity index (χ0n) is 12.7. The zero-order chi connectivity index (χ0) is 13.8. The Kier molecular flexibility index (Phi) is 4.81. The van der Waals surface area contributed by atoms with E-state index in [1.165, 1.54) is 18.5 Å². The van der Waals surface area contributed by atoms with Crippen molar-refractivity contribution in [2.75, 3.05) is 18.0 Å². The van der Waals surface area contributed by atoms with Crippen molar-refractivity contribution in [2.45, 2.75) is 52.6 Å². The summed E-state index contributed by atoms with van der Waals surface area (Å²) >= 11 is 0. The second kappa shape index (κ2) is 6.38. The van der Waals surface area contributed by atoms with Gasteiger partial charge in [-0.3, -0.25) is 4.98 Å². The average Bonchev–Trinajstić information content (AvgIpc) is 2.42. The van der Waals surface area contributed by atoms with Crippen molar-refractivity contribution in [1.82, 2.24) is 10.3 Å². The summed E-state index contributed by atoms with van der Waals surface area (Å²) in [5.41, 5.74) is 2.40. The molecule has 0 amide bonds. The van der Waals surface area contributed by atoms with Crippen molar-refractivity contribution in [1.29, 1.82) is 0 Å². The fraction of sp³-hybridized carbons (Fsp3) is 0.688. The molecule has 0 spiro atoms. The highest BCUT2D eigenvalue weighted by atomic mass is 15.2. The summed E-state index contributed by atoms with van der Waals surface area (Å²) < 4.78 is 0. The molecular formula is C16H27N3. The van der Waals surface area contributed by atoms with Crippen molar-refractivity contribution in [3.8, 4) is 0 Å². The first-order valence-corrected chi connectivity index (χ1v) is 7.57. The summed E-state index contributed by atoms with van der Waals surface area (Å²) in [7, 11) is 0. The molecule has 3 atom stereocenters. The van der Waals surface area contributed by atoms with Crippen LogP contribution in [0.3, 0.4) is 0 Å². The fourth-order valence-electron chi connectivity index (χ4n) is 2.88. The number of piperidine rings is 1. The molecule has 2 rings (SSSR count). The number of rotatable bonds is 4. The Labute approximate surface area is 117 Å². The van der Waals surface area contributed by atoms with Crippen molar-refractivity contribution in [3.63, 3.8) is 0 Å². The molecule has 0 saturated carbocycles. The number of aromatic nitrogens is 1. The Hall–Kier alpha value is -1.09. The van der Waals surface area contributed by atoms with Gasteiger partial charge >= 0.3 is 0 Å². The molecule has 3 heteroatoms. The van der Waals surface area contributed by atoms with Crippen molar-refractivity contribution < 1.29 is 0 Å². The molecule has 106 valence electrons. The smallest absolute Gasteiger partial charge is 0.0572 e. The Bertz CT molecular complexity index is 387. The van der Waals surface area contributed by atoms with Gasteiger partial charge in [-0.25, -0.2) is 0 Å². The fourth-order valence-corrected chi connectivity index (χ4v) is 2.88. The molecule has 3 unspecified atom stereocenters. The molecular weight excluding hydrogens is 234 g/mol. The van der Waals surface area contributed by atoms with Crippen LogP contribution in [0.5, 0.6) is 0 Å². The van der Waals surface area contributed by atoms with Crippen LogP contribution in [0.4, 0.5) is 5.69 Å². The predicted octanol–water partition coefficient (Wildman–Crippen LogP) is 3.38. The number of hydrogen-bond donors (Lipinski definition) is 1. The minimum Gasteiger partial charge on any atom is -0.367 e. The third kappa shape index (κ3) is 3.47. The van der Waals surface area contributed by atoms with Gasteiger partial charge in [-0.05, 0) is 51.3 Å². The minimum atomic E-state index is 0.330. The number of pyridine rings is 1. The largest absolute Gasteiger partial charge is 0.367 e. The van der Waals surface area contributed by atoms with Crippen molar-refractivity contribution in [3.05, 3.63) is 24.0 Å². The highest BCUT2D eigenvalue weighted by Gasteiger charge is 2.23. The average molecular weight is 261 g/mol. The van der Waals surface area contributed by atoms with E-state index >= 15 is 0 Å². The van der Waals surface area contributed by atoms with Gasteiger partial charge in [-0.1, -0.05) is 13.8 Å². The van der Waals surface area contributed by atoms with E-state index in [2.05, 4.69) is 55.0 Å². The van der Waals surface area contributed by atoms with E-state index in [-0.39, 0.29) is 0 Å². The van der Waals surface area contributed by atoms with Gasteiger partial charge in [0.2, 0.25) is 0 Å². The van der Waals surface area contributed by atoms with Crippen LogP contribution >= 0.6 is 0 Å². The summed E-state index contributed by atoms with van der Waals surface area (Å²) in [6.45, 7) is 11.1. The molecule has 1 saturated heterocycles. The van der Waals surface area contributed by atoms with E-state index in [1.54, 1.807) is 0 Å². The maximum atomic E-state index is 4.63. The quantitative estimate of drug-likeness (QED) is 0.900. The van der Waals surface area contributed by atoms with Gasteiger partial charge in [0.25, 0.3) is 0 Å². The lowest BCUT2D eigenvalue weighted by molar-refractivity contribution is 0.390. The summed E-state index contributed by atoms with van der Waals surface area (Å²) in [5.74, 6) is 0.788.